The Hall–Kier alpha value is 0.394. The summed E-state index contributed by atoms with van der Waals surface area (Å²) in [5, 5.41) is 0. The van der Waals surface area contributed by atoms with E-state index in [2.05, 4.69) is 111 Å². The fourth-order valence-electron chi connectivity index (χ4n) is 16.7. The third kappa shape index (κ3) is 8.53. The highest BCUT2D eigenvalue weighted by molar-refractivity contribution is 7.42. The molecule has 1 nitrogen and oxygen atoms in total. The molecule has 0 spiro atoms. The van der Waals surface area contributed by atoms with Crippen molar-refractivity contribution in [3.8, 4) is 0 Å². The summed E-state index contributed by atoms with van der Waals surface area (Å²) in [7, 11) is -2.46. The molecule has 5 fully saturated rings. The summed E-state index contributed by atoms with van der Waals surface area (Å²) in [4.78, 5) is 0. The molecule has 5 saturated carbocycles. The fourth-order valence-corrected chi connectivity index (χ4v) is 48.1. The molecule has 0 aromatic carbocycles. The molecule has 15 atom stereocenters. The van der Waals surface area contributed by atoms with Gasteiger partial charge in [-0.15, -0.1) is 0 Å². The molecule has 0 amide bonds. The maximum atomic E-state index is 8.59. The number of rotatable bonds is 12. The maximum absolute atomic E-state index is 8.59. The molecule has 0 saturated heterocycles. The van der Waals surface area contributed by atoms with Gasteiger partial charge in [-0.05, 0) is 161 Å². The molecule has 0 bridgehead atoms. The van der Waals surface area contributed by atoms with Crippen LogP contribution in [-0.4, -0.2) is 22.5 Å². The molecule has 5 aliphatic carbocycles. The highest BCUT2D eigenvalue weighted by atomic mass is 29.3. The third-order valence-corrected chi connectivity index (χ3v) is 40.5. The highest BCUT2D eigenvalue weighted by Crippen LogP contribution is 2.73. The van der Waals surface area contributed by atoms with Crippen LogP contribution < -0.4 is 0 Å². The summed E-state index contributed by atoms with van der Waals surface area (Å²) >= 11 is 0. The molecule has 0 aliphatic heterocycles. The summed E-state index contributed by atoms with van der Waals surface area (Å²) in [5.41, 5.74) is 4.51. The van der Waals surface area contributed by atoms with Crippen LogP contribution in [0, 0.1) is 88.8 Å². The molecule has 0 aromatic rings. The zero-order chi connectivity index (χ0) is 39.9. The summed E-state index contributed by atoms with van der Waals surface area (Å²) in [6.07, 6.45) is 22.4. The monoisotopic (exact) mass is 783 g/mol. The minimum atomic E-state index is -2.56. The molecule has 3 heteroatoms. The van der Waals surface area contributed by atoms with Gasteiger partial charge in [0.05, 0.1) is 7.59 Å². The van der Waals surface area contributed by atoms with Gasteiger partial charge in [-0.2, -0.15) is 0 Å². The van der Waals surface area contributed by atoms with E-state index in [0.717, 1.165) is 116 Å². The molecule has 0 N–H and O–H groups in total. The van der Waals surface area contributed by atoms with E-state index < -0.39 is 15.4 Å². The van der Waals surface area contributed by atoms with Gasteiger partial charge in [-0.3, -0.25) is 0 Å². The van der Waals surface area contributed by atoms with Gasteiger partial charge in [0.25, 0.3) is 0 Å². The van der Waals surface area contributed by atoms with Crippen LogP contribution in [-0.2, 0) is 4.43 Å². The van der Waals surface area contributed by atoms with E-state index in [1.807, 2.05) is 0 Å². The Balaban J connectivity index is 2.06. The molecular weight excluding hydrogens is 685 g/mol. The van der Waals surface area contributed by atoms with E-state index in [9.17, 15) is 0 Å². The van der Waals surface area contributed by atoms with Crippen LogP contribution in [0.4, 0.5) is 0 Å². The Morgan fingerprint density at radius 2 is 0.537 bits per heavy atom. The third-order valence-electron chi connectivity index (χ3n) is 19.1. The molecule has 0 heterocycles. The van der Waals surface area contributed by atoms with Gasteiger partial charge in [0.2, 0.25) is 0 Å². The second-order valence-corrected chi connectivity index (χ2v) is 36.6. The van der Waals surface area contributed by atoms with Crippen LogP contribution in [0.25, 0.3) is 0 Å². The van der Waals surface area contributed by atoms with Crippen molar-refractivity contribution in [2.24, 2.45) is 88.8 Å². The van der Waals surface area contributed by atoms with Crippen molar-refractivity contribution in [1.82, 2.24) is 0 Å². The molecule has 5 rings (SSSR count). The molecule has 5 aliphatic rings. The van der Waals surface area contributed by atoms with Gasteiger partial charge in [0.15, 0.2) is 7.83 Å². The lowest BCUT2D eigenvalue weighted by Crippen LogP contribution is -2.80. The van der Waals surface area contributed by atoms with Crippen molar-refractivity contribution in [2.45, 2.75) is 228 Å². The maximum Gasteiger partial charge on any atom is 0.187 e. The Morgan fingerprint density at radius 3 is 0.741 bits per heavy atom. The molecular formula is C51H98OSi2. The van der Waals surface area contributed by atoms with Gasteiger partial charge in [0, 0.05) is 7.11 Å². The van der Waals surface area contributed by atoms with Crippen LogP contribution >= 0.6 is 0 Å². The standard InChI is InChI=1S/C51H98OSi2/c1-32(2)42-22-17-37(11)27-47(42)53(48-28-38(12)18-23-43(48)33(3)4,49-29-39(13)19-24-44(49)34(5)6)54(52-16,50-30-40(14)20-25-45(50)35(7)8)51-31-41(15)21-26-46(51)36(9)10/h32-51H,17-31H2,1-16H3. The summed E-state index contributed by atoms with van der Waals surface area (Å²) in [5.74, 6) is 12.6. The molecule has 0 aromatic heterocycles. The predicted octanol–water partition coefficient (Wildman–Crippen LogP) is 16.4. The Labute approximate surface area is 342 Å². The Bertz CT molecular complexity index is 1030. The highest BCUT2D eigenvalue weighted by Gasteiger charge is 2.76. The first-order chi connectivity index (χ1) is 25.4. The first kappa shape index (κ1) is 45.5. The number of hydrogen-bond acceptors (Lipinski definition) is 1. The van der Waals surface area contributed by atoms with Gasteiger partial charge in [0.1, 0.15) is 0 Å². The van der Waals surface area contributed by atoms with Crippen molar-refractivity contribution in [3.63, 3.8) is 0 Å². The van der Waals surface area contributed by atoms with Crippen LogP contribution in [0.1, 0.15) is 200 Å². The van der Waals surface area contributed by atoms with Crippen molar-refractivity contribution in [2.75, 3.05) is 7.11 Å². The van der Waals surface area contributed by atoms with Crippen LogP contribution in [0.2, 0.25) is 27.7 Å². The lowest BCUT2D eigenvalue weighted by molar-refractivity contribution is 0.159. The lowest BCUT2D eigenvalue weighted by Gasteiger charge is -2.71. The lowest BCUT2D eigenvalue weighted by atomic mass is 9.75. The minimum absolute atomic E-state index is 0.762. The normalized spacial score (nSPS) is 43.8. The van der Waals surface area contributed by atoms with E-state index in [1.54, 1.807) is 19.3 Å². The zero-order valence-corrected chi connectivity index (χ0v) is 41.6. The summed E-state index contributed by atoms with van der Waals surface area (Å²) in [6.45, 7) is 40.5. The van der Waals surface area contributed by atoms with Gasteiger partial charge < -0.3 is 4.43 Å². The predicted molar refractivity (Wildman–Crippen MR) is 244 cm³/mol. The van der Waals surface area contributed by atoms with E-state index >= 15 is 0 Å². The van der Waals surface area contributed by atoms with Gasteiger partial charge in [-0.1, -0.05) is 155 Å². The van der Waals surface area contributed by atoms with Crippen molar-refractivity contribution in [3.05, 3.63) is 0 Å². The quantitative estimate of drug-likeness (QED) is 0.179. The SMILES string of the molecule is CO[Si](C1CC(C)CCC1C(C)C)(C1CC(C)CCC1C(C)C)[Si](C1CC(C)CCC1C(C)C)(C1CC(C)CCC1C(C)C)C1CC(C)CCC1C(C)C. The number of hydrogen-bond donors (Lipinski definition) is 0. The first-order valence-electron chi connectivity index (χ1n) is 25.0. The largest absolute Gasteiger partial charge is 0.422 e. The van der Waals surface area contributed by atoms with Crippen LogP contribution in [0.15, 0.2) is 0 Å². The van der Waals surface area contributed by atoms with E-state index in [-0.39, 0.29) is 0 Å². The Kier molecular flexibility index (Phi) is 15.8. The zero-order valence-electron chi connectivity index (χ0n) is 39.6. The molecule has 15 unspecified atom stereocenters. The average molecular weight is 784 g/mol. The van der Waals surface area contributed by atoms with E-state index in [0.29, 0.717) is 0 Å². The topological polar surface area (TPSA) is 9.23 Å². The molecule has 316 valence electrons. The second-order valence-electron chi connectivity index (χ2n) is 24.1. The first-order valence-corrected chi connectivity index (χ1v) is 30.3. The van der Waals surface area contributed by atoms with Crippen molar-refractivity contribution < 1.29 is 4.43 Å². The molecule has 54 heavy (non-hydrogen) atoms. The van der Waals surface area contributed by atoms with Crippen LogP contribution in [0.5, 0.6) is 0 Å². The van der Waals surface area contributed by atoms with Crippen LogP contribution in [0.3, 0.4) is 0 Å². The molecule has 0 radical (unpaired) electrons. The smallest absolute Gasteiger partial charge is 0.187 e. The minimum Gasteiger partial charge on any atom is -0.422 e. The van der Waals surface area contributed by atoms with E-state index in [1.165, 1.54) is 77.0 Å². The van der Waals surface area contributed by atoms with Crippen molar-refractivity contribution >= 4 is 15.4 Å². The van der Waals surface area contributed by atoms with Gasteiger partial charge in [-0.25, -0.2) is 0 Å². The Morgan fingerprint density at radius 1 is 0.333 bits per heavy atom. The summed E-state index contributed by atoms with van der Waals surface area (Å²) in [6, 6.07) is 0. The fraction of sp³-hybridized carbons (Fsp3) is 1.00. The van der Waals surface area contributed by atoms with Crippen molar-refractivity contribution in [1.29, 1.82) is 0 Å². The summed E-state index contributed by atoms with van der Waals surface area (Å²) < 4.78 is 8.59. The van der Waals surface area contributed by atoms with E-state index in [4.69, 9.17) is 4.43 Å². The average Bonchev–Trinajstić information content (AvgIpc) is 3.09. The van der Waals surface area contributed by atoms with Gasteiger partial charge >= 0.3 is 0 Å². The second kappa shape index (κ2) is 18.8.